The SMILES string of the molecule is C1CCC(n2nnc3c2CCNC3)CC1. The molecule has 2 heterocycles. The van der Waals surface area contributed by atoms with Crippen LogP contribution < -0.4 is 5.32 Å². The zero-order valence-electron chi connectivity index (χ0n) is 9.08. The molecule has 0 atom stereocenters. The summed E-state index contributed by atoms with van der Waals surface area (Å²) in [7, 11) is 0. The van der Waals surface area contributed by atoms with Crippen molar-refractivity contribution in [3.8, 4) is 0 Å². The van der Waals surface area contributed by atoms with E-state index in [1.165, 1.54) is 43.5 Å². The van der Waals surface area contributed by atoms with Gasteiger partial charge in [-0.3, -0.25) is 0 Å². The molecule has 4 heteroatoms. The summed E-state index contributed by atoms with van der Waals surface area (Å²) in [4.78, 5) is 0. The normalized spacial score (nSPS) is 22.7. The van der Waals surface area contributed by atoms with E-state index in [1.54, 1.807) is 0 Å². The van der Waals surface area contributed by atoms with Crippen molar-refractivity contribution >= 4 is 0 Å². The lowest BCUT2D eigenvalue weighted by molar-refractivity contribution is 0.316. The van der Waals surface area contributed by atoms with Crippen LogP contribution in [0, 0.1) is 0 Å². The van der Waals surface area contributed by atoms with Crippen LogP contribution in [0.2, 0.25) is 0 Å². The van der Waals surface area contributed by atoms with Gasteiger partial charge in [-0.15, -0.1) is 5.10 Å². The number of nitrogens with one attached hydrogen (secondary N) is 1. The molecule has 0 radical (unpaired) electrons. The third-order valence-corrected chi connectivity index (χ3v) is 3.62. The molecular formula is C11H18N4. The van der Waals surface area contributed by atoms with Gasteiger partial charge in [-0.1, -0.05) is 24.5 Å². The van der Waals surface area contributed by atoms with Crippen molar-refractivity contribution in [2.75, 3.05) is 6.54 Å². The highest BCUT2D eigenvalue weighted by atomic mass is 15.4. The highest BCUT2D eigenvalue weighted by molar-refractivity contribution is 5.14. The third-order valence-electron chi connectivity index (χ3n) is 3.62. The summed E-state index contributed by atoms with van der Waals surface area (Å²) in [5, 5.41) is 12.0. The van der Waals surface area contributed by atoms with Gasteiger partial charge in [0.1, 0.15) is 0 Å². The van der Waals surface area contributed by atoms with Gasteiger partial charge in [0.25, 0.3) is 0 Å². The second-order valence-electron chi connectivity index (χ2n) is 4.65. The molecule has 1 aromatic heterocycles. The van der Waals surface area contributed by atoms with E-state index >= 15 is 0 Å². The van der Waals surface area contributed by atoms with Gasteiger partial charge in [0.15, 0.2) is 0 Å². The Morgan fingerprint density at radius 3 is 2.93 bits per heavy atom. The first-order chi connectivity index (χ1) is 7.45. The summed E-state index contributed by atoms with van der Waals surface area (Å²) in [5.74, 6) is 0. The Labute approximate surface area is 90.0 Å². The van der Waals surface area contributed by atoms with Crippen LogP contribution in [0.25, 0.3) is 0 Å². The van der Waals surface area contributed by atoms with Gasteiger partial charge >= 0.3 is 0 Å². The van der Waals surface area contributed by atoms with E-state index in [4.69, 9.17) is 0 Å². The molecule has 1 fully saturated rings. The monoisotopic (exact) mass is 206 g/mol. The van der Waals surface area contributed by atoms with E-state index in [1.807, 2.05) is 0 Å². The van der Waals surface area contributed by atoms with E-state index in [9.17, 15) is 0 Å². The van der Waals surface area contributed by atoms with Gasteiger partial charge in [0.05, 0.1) is 17.4 Å². The number of hydrogen-bond acceptors (Lipinski definition) is 3. The lowest BCUT2D eigenvalue weighted by Gasteiger charge is -2.24. The molecule has 0 saturated heterocycles. The van der Waals surface area contributed by atoms with Gasteiger partial charge in [0.2, 0.25) is 0 Å². The fourth-order valence-corrected chi connectivity index (χ4v) is 2.77. The summed E-state index contributed by atoms with van der Waals surface area (Å²) >= 11 is 0. The topological polar surface area (TPSA) is 42.7 Å². The molecule has 0 bridgehead atoms. The van der Waals surface area contributed by atoms with Crippen molar-refractivity contribution in [2.24, 2.45) is 0 Å². The summed E-state index contributed by atoms with van der Waals surface area (Å²) in [6.45, 7) is 1.98. The average molecular weight is 206 g/mol. The summed E-state index contributed by atoms with van der Waals surface area (Å²) in [5.41, 5.74) is 2.56. The highest BCUT2D eigenvalue weighted by Gasteiger charge is 2.23. The molecule has 15 heavy (non-hydrogen) atoms. The third kappa shape index (κ3) is 1.67. The Morgan fingerprint density at radius 2 is 2.07 bits per heavy atom. The van der Waals surface area contributed by atoms with Crippen LogP contribution in [-0.2, 0) is 13.0 Å². The largest absolute Gasteiger partial charge is 0.311 e. The molecular weight excluding hydrogens is 188 g/mol. The summed E-state index contributed by atoms with van der Waals surface area (Å²) < 4.78 is 2.22. The van der Waals surface area contributed by atoms with Crippen molar-refractivity contribution in [3.05, 3.63) is 11.4 Å². The fraction of sp³-hybridized carbons (Fsp3) is 0.818. The van der Waals surface area contributed by atoms with Crippen molar-refractivity contribution in [1.82, 2.24) is 20.3 Å². The number of fused-ring (bicyclic) bond motifs is 1. The molecule has 1 saturated carbocycles. The molecule has 0 spiro atoms. The molecule has 1 aliphatic heterocycles. The predicted octanol–water partition coefficient (Wildman–Crippen LogP) is 1.43. The van der Waals surface area contributed by atoms with Crippen LogP contribution in [0.1, 0.15) is 49.5 Å². The summed E-state index contributed by atoms with van der Waals surface area (Å²) in [6, 6.07) is 0.632. The Hall–Kier alpha value is -0.900. The average Bonchev–Trinajstić information content (AvgIpc) is 2.74. The molecule has 0 aromatic carbocycles. The van der Waals surface area contributed by atoms with E-state index in [0.29, 0.717) is 6.04 Å². The van der Waals surface area contributed by atoms with Gasteiger partial charge in [-0.05, 0) is 12.8 Å². The molecule has 82 valence electrons. The van der Waals surface area contributed by atoms with Gasteiger partial charge in [0, 0.05) is 19.5 Å². The van der Waals surface area contributed by atoms with Crippen LogP contribution in [0.15, 0.2) is 0 Å². The van der Waals surface area contributed by atoms with Gasteiger partial charge in [-0.2, -0.15) is 0 Å². The maximum atomic E-state index is 4.35. The fourth-order valence-electron chi connectivity index (χ4n) is 2.77. The second-order valence-corrected chi connectivity index (χ2v) is 4.65. The van der Waals surface area contributed by atoms with E-state index < -0.39 is 0 Å². The minimum absolute atomic E-state index is 0.632. The maximum absolute atomic E-state index is 4.35. The highest BCUT2D eigenvalue weighted by Crippen LogP contribution is 2.29. The van der Waals surface area contributed by atoms with Crippen LogP contribution in [0.3, 0.4) is 0 Å². The molecule has 1 N–H and O–H groups in total. The van der Waals surface area contributed by atoms with Crippen LogP contribution in [-0.4, -0.2) is 21.5 Å². The smallest absolute Gasteiger partial charge is 0.0997 e. The van der Waals surface area contributed by atoms with Crippen molar-refractivity contribution < 1.29 is 0 Å². The van der Waals surface area contributed by atoms with Crippen molar-refractivity contribution in [3.63, 3.8) is 0 Å². The Bertz CT molecular complexity index is 338. The first kappa shape index (κ1) is 9.33. The second kappa shape index (κ2) is 3.93. The lowest BCUT2D eigenvalue weighted by atomic mass is 9.95. The Kier molecular flexibility index (Phi) is 2.44. The van der Waals surface area contributed by atoms with Crippen LogP contribution >= 0.6 is 0 Å². The Balaban J connectivity index is 1.87. The zero-order valence-corrected chi connectivity index (χ0v) is 9.08. The minimum Gasteiger partial charge on any atom is -0.311 e. The van der Waals surface area contributed by atoms with Crippen LogP contribution in [0.5, 0.6) is 0 Å². The first-order valence-electron chi connectivity index (χ1n) is 6.09. The number of aromatic nitrogens is 3. The molecule has 1 aliphatic carbocycles. The maximum Gasteiger partial charge on any atom is 0.0997 e. The van der Waals surface area contributed by atoms with E-state index in [0.717, 1.165) is 19.5 Å². The Morgan fingerprint density at radius 1 is 1.20 bits per heavy atom. The molecule has 0 unspecified atom stereocenters. The predicted molar refractivity (Wildman–Crippen MR) is 57.6 cm³/mol. The standard InChI is InChI=1S/C11H18N4/c1-2-4-9(5-3-1)15-11-6-7-12-8-10(11)13-14-15/h9,12H,1-8H2. The van der Waals surface area contributed by atoms with Crippen molar-refractivity contribution in [1.29, 1.82) is 0 Å². The first-order valence-corrected chi connectivity index (χ1v) is 6.09. The number of rotatable bonds is 1. The van der Waals surface area contributed by atoms with E-state index in [-0.39, 0.29) is 0 Å². The summed E-state index contributed by atoms with van der Waals surface area (Å²) in [6.07, 6.45) is 7.80. The van der Waals surface area contributed by atoms with Gasteiger partial charge < -0.3 is 5.32 Å². The van der Waals surface area contributed by atoms with E-state index in [2.05, 4.69) is 20.3 Å². The van der Waals surface area contributed by atoms with Crippen molar-refractivity contribution in [2.45, 2.75) is 51.1 Å². The zero-order chi connectivity index (χ0) is 10.1. The molecule has 4 nitrogen and oxygen atoms in total. The quantitative estimate of drug-likeness (QED) is 0.756. The minimum atomic E-state index is 0.632. The van der Waals surface area contributed by atoms with Gasteiger partial charge in [-0.25, -0.2) is 4.68 Å². The number of hydrogen-bond donors (Lipinski definition) is 1. The molecule has 3 rings (SSSR count). The van der Waals surface area contributed by atoms with Crippen LogP contribution in [0.4, 0.5) is 0 Å². The molecule has 1 aromatic rings. The molecule has 2 aliphatic rings. The number of nitrogens with zero attached hydrogens (tertiary/aromatic N) is 3. The lowest BCUT2D eigenvalue weighted by Crippen LogP contribution is -2.26. The molecule has 0 amide bonds.